The fourth-order valence-electron chi connectivity index (χ4n) is 1.35. The SMILES string of the molecule is COC(=O)Nc1cccc(Oc2cccnc2OP)n1. The molecule has 1 unspecified atom stereocenters. The molecule has 2 rings (SSSR count). The van der Waals surface area contributed by atoms with Gasteiger partial charge in [-0.05, 0) is 18.2 Å². The number of amides is 1. The minimum absolute atomic E-state index is 0.287. The van der Waals surface area contributed by atoms with Crippen LogP contribution in [0.1, 0.15) is 0 Å². The first-order valence-electron chi connectivity index (χ1n) is 5.54. The first-order valence-corrected chi connectivity index (χ1v) is 6.01. The Bertz CT molecular complexity index is 609. The molecule has 0 aliphatic carbocycles. The number of anilines is 1. The van der Waals surface area contributed by atoms with E-state index in [-0.39, 0.29) is 5.88 Å². The lowest BCUT2D eigenvalue weighted by atomic mass is 10.4. The van der Waals surface area contributed by atoms with Crippen LogP contribution in [0, 0.1) is 0 Å². The van der Waals surface area contributed by atoms with Crippen LogP contribution in [-0.2, 0) is 4.74 Å². The largest absolute Gasteiger partial charge is 0.461 e. The molecule has 104 valence electrons. The Labute approximate surface area is 117 Å². The quantitative estimate of drug-likeness (QED) is 0.872. The Kier molecular flexibility index (Phi) is 4.68. The molecule has 0 spiro atoms. The van der Waals surface area contributed by atoms with Crippen LogP contribution in [0.3, 0.4) is 0 Å². The van der Waals surface area contributed by atoms with E-state index >= 15 is 0 Å². The fourth-order valence-corrected chi connectivity index (χ4v) is 1.53. The van der Waals surface area contributed by atoms with E-state index in [9.17, 15) is 4.79 Å². The van der Waals surface area contributed by atoms with Crippen molar-refractivity contribution >= 4 is 21.4 Å². The Morgan fingerprint density at radius 1 is 1.30 bits per heavy atom. The van der Waals surface area contributed by atoms with Gasteiger partial charge in [0.15, 0.2) is 5.75 Å². The second-order valence-electron chi connectivity index (χ2n) is 3.50. The number of hydrogen-bond donors (Lipinski definition) is 1. The number of carbonyl (C=O) groups excluding carboxylic acids is 1. The minimum atomic E-state index is -0.606. The van der Waals surface area contributed by atoms with Crippen molar-refractivity contribution in [3.05, 3.63) is 36.5 Å². The lowest BCUT2D eigenvalue weighted by Gasteiger charge is -2.09. The summed E-state index contributed by atoms with van der Waals surface area (Å²) in [5, 5.41) is 2.44. The van der Waals surface area contributed by atoms with Gasteiger partial charge in [-0.2, -0.15) is 4.98 Å². The number of methoxy groups -OCH3 is 1. The lowest BCUT2D eigenvalue weighted by Crippen LogP contribution is -2.12. The van der Waals surface area contributed by atoms with Crippen LogP contribution in [0.25, 0.3) is 0 Å². The van der Waals surface area contributed by atoms with E-state index in [1.165, 1.54) is 7.11 Å². The van der Waals surface area contributed by atoms with Gasteiger partial charge in [0.1, 0.15) is 5.82 Å². The molecule has 0 bridgehead atoms. The first kappa shape index (κ1) is 14.0. The predicted molar refractivity (Wildman–Crippen MR) is 74.9 cm³/mol. The van der Waals surface area contributed by atoms with Crippen LogP contribution in [0.4, 0.5) is 10.6 Å². The standard InChI is InChI=1S/C12H12N3O4P/c1-17-12(16)15-9-5-2-6-10(14-9)18-8-4-3-7-13-11(8)19-20/h2-7H,20H2,1H3,(H,14,15,16). The molecule has 0 saturated carbocycles. The number of nitrogens with one attached hydrogen (secondary N) is 1. The van der Waals surface area contributed by atoms with E-state index in [1.807, 2.05) is 0 Å². The topological polar surface area (TPSA) is 82.6 Å². The highest BCUT2D eigenvalue weighted by atomic mass is 31.0. The van der Waals surface area contributed by atoms with Crippen molar-refractivity contribution in [3.8, 4) is 17.5 Å². The Balaban J connectivity index is 2.17. The van der Waals surface area contributed by atoms with Crippen LogP contribution in [0.15, 0.2) is 36.5 Å². The molecular weight excluding hydrogens is 281 g/mol. The molecule has 0 radical (unpaired) electrons. The summed E-state index contributed by atoms with van der Waals surface area (Å²) < 4.78 is 15.0. The van der Waals surface area contributed by atoms with Crippen molar-refractivity contribution in [2.75, 3.05) is 12.4 Å². The highest BCUT2D eigenvalue weighted by Gasteiger charge is 2.08. The van der Waals surface area contributed by atoms with Crippen molar-refractivity contribution in [1.29, 1.82) is 0 Å². The number of rotatable bonds is 4. The van der Waals surface area contributed by atoms with Gasteiger partial charge in [-0.25, -0.2) is 9.78 Å². The number of aromatic nitrogens is 2. The summed E-state index contributed by atoms with van der Waals surface area (Å²) in [7, 11) is 3.37. The monoisotopic (exact) mass is 293 g/mol. The van der Waals surface area contributed by atoms with Gasteiger partial charge >= 0.3 is 6.09 Å². The van der Waals surface area contributed by atoms with Gasteiger partial charge in [0.05, 0.1) is 16.6 Å². The summed E-state index contributed by atoms with van der Waals surface area (Å²) >= 11 is 0. The second-order valence-corrected chi connectivity index (χ2v) is 3.74. The van der Waals surface area contributed by atoms with Crippen molar-refractivity contribution in [2.24, 2.45) is 0 Å². The summed E-state index contributed by atoms with van der Waals surface area (Å²) in [6.07, 6.45) is 0.972. The molecule has 1 N–H and O–H groups in total. The Morgan fingerprint density at radius 3 is 2.90 bits per heavy atom. The third-order valence-electron chi connectivity index (χ3n) is 2.20. The fraction of sp³-hybridized carbons (Fsp3) is 0.0833. The maximum atomic E-state index is 11.1. The van der Waals surface area contributed by atoms with Gasteiger partial charge in [-0.1, -0.05) is 6.07 Å². The van der Waals surface area contributed by atoms with E-state index < -0.39 is 6.09 Å². The molecule has 20 heavy (non-hydrogen) atoms. The van der Waals surface area contributed by atoms with Crippen molar-refractivity contribution in [1.82, 2.24) is 9.97 Å². The molecule has 7 nitrogen and oxygen atoms in total. The van der Waals surface area contributed by atoms with Gasteiger partial charge in [0.2, 0.25) is 5.88 Å². The molecule has 1 amide bonds. The second kappa shape index (κ2) is 6.68. The molecule has 0 aromatic carbocycles. The van der Waals surface area contributed by atoms with Gasteiger partial charge < -0.3 is 14.0 Å². The molecule has 0 aliphatic heterocycles. The summed E-state index contributed by atoms with van der Waals surface area (Å²) in [4.78, 5) is 19.2. The average molecular weight is 293 g/mol. The van der Waals surface area contributed by atoms with E-state index in [4.69, 9.17) is 9.26 Å². The molecule has 0 fully saturated rings. The van der Waals surface area contributed by atoms with Crippen molar-refractivity contribution in [2.45, 2.75) is 0 Å². The van der Waals surface area contributed by atoms with Crippen molar-refractivity contribution < 1.29 is 18.8 Å². The number of hydrogen-bond acceptors (Lipinski definition) is 6. The highest BCUT2D eigenvalue weighted by Crippen LogP contribution is 2.29. The molecule has 8 heteroatoms. The zero-order valence-corrected chi connectivity index (χ0v) is 11.7. The van der Waals surface area contributed by atoms with Gasteiger partial charge in [-0.3, -0.25) is 5.32 Å². The smallest absolute Gasteiger partial charge is 0.412 e. The molecule has 1 atom stereocenters. The van der Waals surface area contributed by atoms with Crippen LogP contribution < -0.4 is 14.6 Å². The first-order chi connectivity index (χ1) is 9.72. The number of pyridine rings is 2. The molecular formula is C12H12N3O4P. The van der Waals surface area contributed by atoms with Gasteiger partial charge in [-0.15, -0.1) is 0 Å². The minimum Gasteiger partial charge on any atom is -0.461 e. The van der Waals surface area contributed by atoms with Crippen molar-refractivity contribution in [3.63, 3.8) is 0 Å². The van der Waals surface area contributed by atoms with E-state index in [1.54, 1.807) is 36.5 Å². The van der Waals surface area contributed by atoms with Crippen LogP contribution >= 0.6 is 9.47 Å². The third kappa shape index (κ3) is 3.55. The summed E-state index contributed by atoms with van der Waals surface area (Å²) in [6.45, 7) is 0. The zero-order valence-electron chi connectivity index (χ0n) is 10.6. The molecule has 0 aliphatic rings. The normalized spacial score (nSPS) is 9.70. The molecule has 2 aromatic rings. The number of nitrogens with zero attached hydrogens (tertiary/aromatic N) is 2. The maximum absolute atomic E-state index is 11.1. The van der Waals surface area contributed by atoms with E-state index in [0.717, 1.165) is 0 Å². The zero-order chi connectivity index (χ0) is 14.4. The Hall–Kier alpha value is -2.40. The molecule has 2 heterocycles. The van der Waals surface area contributed by atoms with Crippen LogP contribution in [-0.4, -0.2) is 23.2 Å². The van der Waals surface area contributed by atoms with Gasteiger partial charge in [0, 0.05) is 12.3 Å². The number of carbonyl (C=O) groups is 1. The predicted octanol–water partition coefficient (Wildman–Crippen LogP) is 2.62. The average Bonchev–Trinajstić information content (AvgIpc) is 2.48. The van der Waals surface area contributed by atoms with Crippen LogP contribution in [0.2, 0.25) is 0 Å². The van der Waals surface area contributed by atoms with Gasteiger partial charge in [0.25, 0.3) is 5.88 Å². The Morgan fingerprint density at radius 2 is 2.15 bits per heavy atom. The number of ether oxygens (including phenoxy) is 2. The maximum Gasteiger partial charge on any atom is 0.412 e. The highest BCUT2D eigenvalue weighted by molar-refractivity contribution is 7.10. The lowest BCUT2D eigenvalue weighted by molar-refractivity contribution is 0.187. The van der Waals surface area contributed by atoms with Crippen LogP contribution in [0.5, 0.6) is 17.5 Å². The van der Waals surface area contributed by atoms with E-state index in [0.29, 0.717) is 17.4 Å². The van der Waals surface area contributed by atoms with E-state index in [2.05, 4.69) is 29.5 Å². The summed E-state index contributed by atoms with van der Waals surface area (Å²) in [5.41, 5.74) is 0. The third-order valence-corrected chi connectivity index (χ3v) is 2.42. The summed E-state index contributed by atoms with van der Waals surface area (Å²) in [5.74, 6) is 1.32. The summed E-state index contributed by atoms with van der Waals surface area (Å²) in [6, 6.07) is 8.33. The molecule has 0 saturated heterocycles. The molecule has 2 aromatic heterocycles.